The second-order valence-corrected chi connectivity index (χ2v) is 28.0. The van der Waals surface area contributed by atoms with Crippen molar-refractivity contribution in [1.29, 1.82) is 0 Å². The molecule has 0 spiro atoms. The fraction of sp³-hybridized carbons (Fsp3) is 0.667. The number of hydrogen-bond acceptors (Lipinski definition) is 21. The fourth-order valence-electron chi connectivity index (χ4n) is 17.2. The Labute approximate surface area is 526 Å². The topological polar surface area (TPSA) is 264 Å². The SMILES string of the molecule is CC(=O)OC[C@H]1O[C@@H](O[C@H]2[C@H](OC(C)=O)[C@@H](OC(C)=O)[C@H](O[C@H]3CC[C@]4(C)[C@H]5C(=O)C=C6[C@@H]7C[C@@](C)(C(=O)OC(c8ccccc8)c8ccccc8)CC[C@]7(C)CC[C@@]6(C)[C@]5(C)CC[C@H]4C3(C)C)O[C@@H]2COC(C)=O)[C@H](OC(C)=O)[C@@H](OC(C)=O)[C@@H]1OC(C)=O. The molecule has 7 aliphatic rings. The van der Waals surface area contributed by atoms with Gasteiger partial charge in [-0.3, -0.25) is 43.2 Å². The average molecular weight is 1260 g/mol. The molecule has 0 radical (unpaired) electrons. The van der Waals surface area contributed by atoms with Crippen LogP contribution in [0, 0.1) is 50.2 Å². The third-order valence-electron chi connectivity index (χ3n) is 21.6. The summed E-state index contributed by atoms with van der Waals surface area (Å²) in [5, 5.41) is 0. The molecule has 0 unspecified atom stereocenters. The molecule has 9 rings (SSSR count). The van der Waals surface area contributed by atoms with Crippen molar-refractivity contribution in [2.75, 3.05) is 13.2 Å². The van der Waals surface area contributed by atoms with Crippen molar-refractivity contribution in [3.8, 4) is 0 Å². The number of ether oxygens (including phenoxy) is 12. The molecule has 0 bridgehead atoms. The highest BCUT2D eigenvalue weighted by atomic mass is 16.8. The summed E-state index contributed by atoms with van der Waals surface area (Å²) in [4.78, 5) is 120. The number of benzene rings is 2. The third kappa shape index (κ3) is 13.3. The lowest BCUT2D eigenvalue weighted by Gasteiger charge is -2.70. The first-order chi connectivity index (χ1) is 42.2. The largest absolute Gasteiger partial charge is 0.463 e. The second-order valence-electron chi connectivity index (χ2n) is 28.0. The predicted molar refractivity (Wildman–Crippen MR) is 318 cm³/mol. The molecule has 19 atom stereocenters. The van der Waals surface area contributed by atoms with Gasteiger partial charge in [-0.2, -0.15) is 0 Å². The maximum absolute atomic E-state index is 15.6. The summed E-state index contributed by atoms with van der Waals surface area (Å²) in [6.07, 6.45) is -9.12. The van der Waals surface area contributed by atoms with Gasteiger partial charge >= 0.3 is 47.8 Å². The van der Waals surface area contributed by atoms with Crippen LogP contribution in [0.5, 0.6) is 0 Å². The Hall–Kier alpha value is -6.55. The van der Waals surface area contributed by atoms with E-state index in [1.165, 1.54) is 0 Å². The van der Waals surface area contributed by atoms with Crippen LogP contribution in [0.25, 0.3) is 0 Å². The highest BCUT2D eigenvalue weighted by Crippen LogP contribution is 2.75. The molecular formula is C69H90O21. The van der Waals surface area contributed by atoms with Gasteiger partial charge in [-0.15, -0.1) is 0 Å². The molecule has 0 N–H and O–H groups in total. The first kappa shape index (κ1) is 67.8. The Bertz CT molecular complexity index is 3050. The van der Waals surface area contributed by atoms with Crippen molar-refractivity contribution >= 4 is 53.5 Å². The van der Waals surface area contributed by atoms with Gasteiger partial charge in [0.2, 0.25) is 0 Å². The molecule has 6 fully saturated rings. The summed E-state index contributed by atoms with van der Waals surface area (Å²) in [7, 11) is 0. The van der Waals surface area contributed by atoms with Gasteiger partial charge in [0.1, 0.15) is 31.5 Å². The lowest BCUT2D eigenvalue weighted by Crippen LogP contribution is -2.68. The highest BCUT2D eigenvalue weighted by Gasteiger charge is 2.71. The summed E-state index contributed by atoms with van der Waals surface area (Å²) in [5.41, 5.74) is -0.129. The standard InChI is InChI=1S/C69H90O21/c1-37(70)79-35-49-54(81-39(3)72)56(82-40(4)73)59(85-43(7)76)62(87-49)89-55-50(36-80-38(2)71)86-61(58(84-42(6)75)57(55)83-41(5)74)88-52-26-27-67(12)51(64(52,8)9)25-28-69(14)60(67)48(77)33-46-47-34-66(11,30-29-65(47,10)31-32-68(46,69)13)63(78)90-53(44-21-17-15-18-22-44)45-23-19-16-20-24-45/h15-24,33,47,49-62H,25-32,34-36H2,1-14H3/t47-,49+,50+,51-,52-,54+,55+,56-,57-,58+,59+,60+,61-,62-,65+,66-,67-,68+,69+/m0/s1. The Morgan fingerprint density at radius 1 is 0.522 bits per heavy atom. The molecule has 4 saturated carbocycles. The zero-order chi connectivity index (χ0) is 65.6. The van der Waals surface area contributed by atoms with Crippen LogP contribution >= 0.6 is 0 Å². The van der Waals surface area contributed by atoms with Crippen LogP contribution in [0.15, 0.2) is 72.3 Å². The second kappa shape index (κ2) is 26.2. The number of fused-ring (bicyclic) bond motifs is 7. The van der Waals surface area contributed by atoms with Crippen molar-refractivity contribution in [3.63, 3.8) is 0 Å². The van der Waals surface area contributed by atoms with Crippen LogP contribution in [0.4, 0.5) is 0 Å². The molecular weight excluding hydrogens is 1160 g/mol. The first-order valence-corrected chi connectivity index (χ1v) is 31.6. The molecule has 90 heavy (non-hydrogen) atoms. The smallest absolute Gasteiger partial charge is 0.312 e. The van der Waals surface area contributed by atoms with Gasteiger partial charge in [0.25, 0.3) is 0 Å². The molecule has 2 aromatic rings. The van der Waals surface area contributed by atoms with Crippen molar-refractivity contribution in [1.82, 2.24) is 0 Å². The Balaban J connectivity index is 1.00. The van der Waals surface area contributed by atoms with Crippen LogP contribution in [-0.4, -0.2) is 134 Å². The van der Waals surface area contributed by atoms with E-state index in [1.54, 1.807) is 0 Å². The van der Waals surface area contributed by atoms with Crippen molar-refractivity contribution < 1.29 is 100.0 Å². The predicted octanol–water partition coefficient (Wildman–Crippen LogP) is 9.30. The maximum atomic E-state index is 15.6. The lowest BCUT2D eigenvalue weighted by atomic mass is 9.33. The summed E-state index contributed by atoms with van der Waals surface area (Å²) >= 11 is 0. The van der Waals surface area contributed by atoms with E-state index in [4.69, 9.17) is 56.8 Å². The van der Waals surface area contributed by atoms with Crippen molar-refractivity contribution in [2.24, 2.45) is 50.2 Å². The Kier molecular flexibility index (Phi) is 19.8. The summed E-state index contributed by atoms with van der Waals surface area (Å²) in [5.74, 6) is -6.58. The number of ketones is 1. The molecule has 21 nitrogen and oxygen atoms in total. The number of carbonyl (C=O) groups is 9. The molecule has 2 heterocycles. The normalized spacial score (nSPS) is 37.5. The van der Waals surface area contributed by atoms with E-state index in [0.29, 0.717) is 25.7 Å². The van der Waals surface area contributed by atoms with E-state index in [2.05, 4.69) is 41.5 Å². The maximum Gasteiger partial charge on any atom is 0.312 e. The molecule has 21 heteroatoms. The van der Waals surface area contributed by atoms with Gasteiger partial charge in [-0.1, -0.05) is 108 Å². The van der Waals surface area contributed by atoms with Gasteiger partial charge in [0.15, 0.2) is 55.0 Å². The van der Waals surface area contributed by atoms with E-state index in [0.717, 1.165) is 97.3 Å². The first-order valence-electron chi connectivity index (χ1n) is 31.6. The van der Waals surface area contributed by atoms with Gasteiger partial charge in [0, 0.05) is 54.4 Å². The van der Waals surface area contributed by atoms with E-state index in [1.807, 2.05) is 73.7 Å². The van der Waals surface area contributed by atoms with Crippen LogP contribution in [-0.2, 0) is 100.0 Å². The third-order valence-corrected chi connectivity index (χ3v) is 21.6. The van der Waals surface area contributed by atoms with Crippen LogP contribution in [0.3, 0.4) is 0 Å². The minimum Gasteiger partial charge on any atom is -0.463 e. The van der Waals surface area contributed by atoms with Gasteiger partial charge in [-0.25, -0.2) is 0 Å². The van der Waals surface area contributed by atoms with Crippen molar-refractivity contribution in [2.45, 2.75) is 228 Å². The van der Waals surface area contributed by atoms with E-state index in [-0.39, 0.29) is 40.3 Å². The summed E-state index contributed by atoms with van der Waals surface area (Å²) in [6, 6.07) is 19.6. The molecule has 2 aromatic carbocycles. The molecule has 2 aliphatic heterocycles. The monoisotopic (exact) mass is 1250 g/mol. The molecule has 0 amide bonds. The molecule has 2 saturated heterocycles. The fourth-order valence-corrected chi connectivity index (χ4v) is 17.2. The summed E-state index contributed by atoms with van der Waals surface area (Å²) < 4.78 is 73.1. The number of hydrogen-bond donors (Lipinski definition) is 0. The van der Waals surface area contributed by atoms with E-state index >= 15 is 4.79 Å². The number of carbonyl (C=O) groups excluding carboxylic acids is 9. The lowest BCUT2D eigenvalue weighted by molar-refractivity contribution is -0.369. The van der Waals surface area contributed by atoms with Crippen molar-refractivity contribution in [3.05, 3.63) is 83.4 Å². The number of rotatable bonds is 17. The van der Waals surface area contributed by atoms with E-state index in [9.17, 15) is 38.4 Å². The van der Waals surface area contributed by atoms with Crippen LogP contribution in [0.2, 0.25) is 0 Å². The van der Waals surface area contributed by atoms with Gasteiger partial charge in [-0.05, 0) is 121 Å². The zero-order valence-corrected chi connectivity index (χ0v) is 54.4. The summed E-state index contributed by atoms with van der Waals surface area (Å²) in [6.45, 7) is 22.1. The van der Waals surface area contributed by atoms with E-state index < -0.39 is 150 Å². The molecule has 5 aliphatic carbocycles. The number of esters is 8. The Morgan fingerprint density at radius 2 is 0.989 bits per heavy atom. The highest BCUT2D eigenvalue weighted by molar-refractivity contribution is 5.96. The molecule has 492 valence electrons. The van der Waals surface area contributed by atoms with Gasteiger partial charge < -0.3 is 56.8 Å². The van der Waals surface area contributed by atoms with Crippen LogP contribution in [0.1, 0.15) is 172 Å². The zero-order valence-electron chi connectivity index (χ0n) is 54.4. The Morgan fingerprint density at radius 3 is 1.50 bits per heavy atom. The quantitative estimate of drug-likeness (QED) is 0.0811. The van der Waals surface area contributed by atoms with Gasteiger partial charge in [0.05, 0.1) is 11.5 Å². The minimum atomic E-state index is -1.85. The van der Waals surface area contributed by atoms with Crippen LogP contribution < -0.4 is 0 Å². The minimum absolute atomic E-state index is 0.0412. The average Bonchev–Trinajstić information content (AvgIpc) is 0.676. The molecule has 0 aromatic heterocycles. The number of allylic oxidation sites excluding steroid dienone is 2.